The van der Waals surface area contributed by atoms with E-state index in [9.17, 15) is 13.5 Å². The fourth-order valence-corrected chi connectivity index (χ4v) is 3.67. The zero-order chi connectivity index (χ0) is 18.7. The van der Waals surface area contributed by atoms with E-state index < -0.39 is 10.3 Å². The van der Waals surface area contributed by atoms with Crippen molar-refractivity contribution in [1.82, 2.24) is 4.31 Å². The number of fused-ring (bicyclic) bond motifs is 1. The van der Waals surface area contributed by atoms with E-state index in [0.29, 0.717) is 23.7 Å². The molecule has 136 valence electrons. The third-order valence-electron chi connectivity index (χ3n) is 4.13. The molecular weight excluding hydrogens is 350 g/mol. The molecule has 0 spiro atoms. The second-order valence-corrected chi connectivity index (χ2v) is 7.75. The summed E-state index contributed by atoms with van der Waals surface area (Å²) in [6, 6.07) is 18.1. The van der Waals surface area contributed by atoms with Crippen molar-refractivity contribution in [3.63, 3.8) is 0 Å². The zero-order valence-corrected chi connectivity index (χ0v) is 15.5. The second kappa shape index (κ2) is 7.35. The predicted molar refractivity (Wildman–Crippen MR) is 104 cm³/mol. The highest BCUT2D eigenvalue weighted by atomic mass is 32.2. The van der Waals surface area contributed by atoms with E-state index in [1.54, 1.807) is 24.3 Å². The molecule has 0 unspecified atom stereocenters. The summed E-state index contributed by atoms with van der Waals surface area (Å²) in [6.07, 6.45) is 0.700. The van der Waals surface area contributed by atoms with Crippen LogP contribution in [0.1, 0.15) is 13.3 Å². The Labute approximate surface area is 153 Å². The number of nitrogens with zero attached hydrogens (tertiary/aromatic N) is 1. The van der Waals surface area contributed by atoms with Gasteiger partial charge in [-0.2, -0.15) is 12.7 Å². The Kier molecular flexibility index (Phi) is 5.15. The molecule has 0 amide bonds. The Bertz CT molecular complexity index is 1020. The van der Waals surface area contributed by atoms with Gasteiger partial charge >= 0.3 is 10.3 Å². The molecule has 0 saturated heterocycles. The average molecular weight is 371 g/mol. The van der Waals surface area contributed by atoms with Crippen LogP contribution in [0.4, 0.5) is 0 Å². The Hall–Kier alpha value is -2.57. The largest absolute Gasteiger partial charge is 0.507 e. The van der Waals surface area contributed by atoms with Crippen molar-refractivity contribution >= 4 is 21.1 Å². The summed E-state index contributed by atoms with van der Waals surface area (Å²) in [7, 11) is -2.36. The molecule has 0 atom stereocenters. The summed E-state index contributed by atoms with van der Waals surface area (Å²) in [5, 5.41) is 11.7. The third-order valence-corrected chi connectivity index (χ3v) is 5.48. The van der Waals surface area contributed by atoms with Crippen LogP contribution in [0.25, 0.3) is 21.9 Å². The Morgan fingerprint density at radius 1 is 1.00 bits per heavy atom. The SMILES string of the molecule is CCCN(C)S(=O)(=O)Oc1ccc2c(O)cc(-c3ccccc3)cc2c1. The summed E-state index contributed by atoms with van der Waals surface area (Å²) in [4.78, 5) is 0. The molecule has 0 aliphatic rings. The van der Waals surface area contributed by atoms with Gasteiger partial charge in [-0.05, 0) is 53.3 Å². The molecule has 0 aliphatic heterocycles. The normalized spacial score (nSPS) is 11.8. The van der Waals surface area contributed by atoms with Crippen molar-refractivity contribution in [3.8, 4) is 22.6 Å². The van der Waals surface area contributed by atoms with Crippen LogP contribution in [0.2, 0.25) is 0 Å². The number of rotatable bonds is 6. The van der Waals surface area contributed by atoms with Gasteiger partial charge in [-0.1, -0.05) is 37.3 Å². The molecule has 0 saturated carbocycles. The first-order chi connectivity index (χ1) is 12.4. The number of phenolic OH excluding ortho intramolecular Hbond substituents is 1. The van der Waals surface area contributed by atoms with Gasteiger partial charge in [0.25, 0.3) is 0 Å². The molecule has 5 nitrogen and oxygen atoms in total. The minimum absolute atomic E-state index is 0.138. The van der Waals surface area contributed by atoms with Gasteiger partial charge in [-0.15, -0.1) is 0 Å². The highest BCUT2D eigenvalue weighted by Gasteiger charge is 2.19. The van der Waals surface area contributed by atoms with Crippen molar-refractivity contribution in [2.24, 2.45) is 0 Å². The van der Waals surface area contributed by atoms with Crippen LogP contribution in [0.5, 0.6) is 11.5 Å². The van der Waals surface area contributed by atoms with Crippen LogP contribution in [0.15, 0.2) is 60.7 Å². The smallest absolute Gasteiger partial charge is 0.384 e. The van der Waals surface area contributed by atoms with Crippen molar-refractivity contribution in [2.75, 3.05) is 13.6 Å². The average Bonchev–Trinajstić information content (AvgIpc) is 2.62. The van der Waals surface area contributed by atoms with Crippen LogP contribution >= 0.6 is 0 Å². The van der Waals surface area contributed by atoms with E-state index in [1.165, 1.54) is 11.4 Å². The molecule has 3 aromatic carbocycles. The topological polar surface area (TPSA) is 66.8 Å². The number of hydrogen-bond donors (Lipinski definition) is 1. The number of hydrogen-bond acceptors (Lipinski definition) is 4. The molecule has 3 rings (SSSR count). The Morgan fingerprint density at radius 2 is 1.73 bits per heavy atom. The summed E-state index contributed by atoms with van der Waals surface area (Å²) in [6.45, 7) is 2.28. The van der Waals surface area contributed by atoms with Crippen LogP contribution < -0.4 is 4.18 Å². The van der Waals surface area contributed by atoms with Gasteiger partial charge < -0.3 is 9.29 Å². The molecule has 0 aliphatic carbocycles. The van der Waals surface area contributed by atoms with Crippen LogP contribution in [0, 0.1) is 0 Å². The first kappa shape index (κ1) is 18.2. The summed E-state index contributed by atoms with van der Waals surface area (Å²) in [5.74, 6) is 0.351. The van der Waals surface area contributed by atoms with Crippen molar-refractivity contribution in [3.05, 3.63) is 60.7 Å². The number of aromatic hydroxyl groups is 1. The Balaban J connectivity index is 2.00. The summed E-state index contributed by atoms with van der Waals surface area (Å²) >= 11 is 0. The molecule has 26 heavy (non-hydrogen) atoms. The summed E-state index contributed by atoms with van der Waals surface area (Å²) < 4.78 is 30.9. The van der Waals surface area contributed by atoms with Crippen molar-refractivity contribution < 1.29 is 17.7 Å². The van der Waals surface area contributed by atoms with Gasteiger partial charge in [0.1, 0.15) is 11.5 Å². The third kappa shape index (κ3) is 3.81. The van der Waals surface area contributed by atoms with E-state index in [4.69, 9.17) is 4.18 Å². The van der Waals surface area contributed by atoms with Gasteiger partial charge in [-0.3, -0.25) is 0 Å². The lowest BCUT2D eigenvalue weighted by Gasteiger charge is -2.16. The molecular formula is C20H21NO4S. The maximum Gasteiger partial charge on any atom is 0.384 e. The van der Waals surface area contributed by atoms with Gasteiger partial charge in [-0.25, -0.2) is 0 Å². The quantitative estimate of drug-likeness (QED) is 0.706. The maximum absolute atomic E-state index is 12.2. The first-order valence-corrected chi connectivity index (χ1v) is 9.75. The molecule has 0 bridgehead atoms. The van der Waals surface area contributed by atoms with Gasteiger partial charge in [0, 0.05) is 19.0 Å². The monoisotopic (exact) mass is 371 g/mol. The standard InChI is InChI=1S/C20H21NO4S/c1-3-11-21(2)26(23,24)25-18-9-10-19-17(13-18)12-16(14-20(19)22)15-7-5-4-6-8-15/h4-10,12-14,22H,3,11H2,1-2H3. The lowest BCUT2D eigenvalue weighted by molar-refractivity contribution is 0.392. The molecule has 3 aromatic rings. The molecule has 0 fully saturated rings. The van der Waals surface area contributed by atoms with E-state index in [1.807, 2.05) is 43.3 Å². The predicted octanol–water partition coefficient (Wildman–Crippen LogP) is 4.18. The highest BCUT2D eigenvalue weighted by Crippen LogP contribution is 2.34. The fourth-order valence-electron chi connectivity index (χ4n) is 2.79. The minimum atomic E-state index is -3.85. The molecule has 1 N–H and O–H groups in total. The molecule has 0 radical (unpaired) electrons. The van der Waals surface area contributed by atoms with E-state index in [-0.39, 0.29) is 11.5 Å². The summed E-state index contributed by atoms with van der Waals surface area (Å²) in [5.41, 5.74) is 1.81. The number of benzene rings is 3. The first-order valence-electron chi connectivity index (χ1n) is 8.38. The lowest BCUT2D eigenvalue weighted by atomic mass is 10.0. The number of phenols is 1. The van der Waals surface area contributed by atoms with Crippen LogP contribution in [-0.2, 0) is 10.3 Å². The molecule has 0 heterocycles. The zero-order valence-electron chi connectivity index (χ0n) is 14.7. The van der Waals surface area contributed by atoms with Crippen molar-refractivity contribution in [1.29, 1.82) is 0 Å². The van der Waals surface area contributed by atoms with Crippen molar-refractivity contribution in [2.45, 2.75) is 13.3 Å². The van der Waals surface area contributed by atoms with Crippen LogP contribution in [0.3, 0.4) is 0 Å². The highest BCUT2D eigenvalue weighted by molar-refractivity contribution is 7.84. The minimum Gasteiger partial charge on any atom is -0.507 e. The van der Waals surface area contributed by atoms with Crippen LogP contribution in [-0.4, -0.2) is 31.4 Å². The van der Waals surface area contributed by atoms with Gasteiger partial charge in [0.2, 0.25) is 0 Å². The molecule has 6 heteroatoms. The van der Waals surface area contributed by atoms with Gasteiger partial charge in [0.05, 0.1) is 0 Å². The lowest BCUT2D eigenvalue weighted by Crippen LogP contribution is -2.31. The maximum atomic E-state index is 12.2. The molecule has 0 aromatic heterocycles. The Morgan fingerprint density at radius 3 is 2.42 bits per heavy atom. The van der Waals surface area contributed by atoms with E-state index in [2.05, 4.69) is 0 Å². The van der Waals surface area contributed by atoms with Gasteiger partial charge in [0.15, 0.2) is 0 Å². The second-order valence-electron chi connectivity index (χ2n) is 6.11. The fraction of sp³-hybridized carbons (Fsp3) is 0.200. The van der Waals surface area contributed by atoms with E-state index in [0.717, 1.165) is 11.1 Å². The van der Waals surface area contributed by atoms with E-state index >= 15 is 0 Å².